The molecule has 0 atom stereocenters. The minimum Gasteiger partial charge on any atom is -0.481 e. The lowest BCUT2D eigenvalue weighted by molar-refractivity contribution is -0.133. The molecule has 1 N–H and O–H groups in total. The fraction of sp³-hybridized carbons (Fsp3) is 0.167. The lowest BCUT2D eigenvalue weighted by atomic mass is 10.3. The van der Waals surface area contributed by atoms with Crippen LogP contribution < -0.4 is 0 Å². The molecule has 4 nitrogen and oxygen atoms in total. The van der Waals surface area contributed by atoms with Crippen molar-refractivity contribution in [2.24, 2.45) is 0 Å². The zero-order valence-corrected chi connectivity index (χ0v) is 13.7. The van der Waals surface area contributed by atoms with Gasteiger partial charge in [-0.3, -0.25) is 9.36 Å². The van der Waals surface area contributed by atoms with E-state index in [0.717, 1.165) is 15.0 Å². The van der Waals surface area contributed by atoms with Crippen molar-refractivity contribution in [1.29, 1.82) is 0 Å². The van der Waals surface area contributed by atoms with E-state index < -0.39 is 5.97 Å². The standard InChI is InChI=1S/C12H10ClIN2O2S/c1-7-5-16(12(15-7)19-6-11(17)18)10-3-2-8(13)4-9(10)14/h2-5H,6H2,1H3,(H,17,18). The second-order valence-corrected chi connectivity index (χ2v) is 6.35. The van der Waals surface area contributed by atoms with E-state index >= 15 is 0 Å². The summed E-state index contributed by atoms with van der Waals surface area (Å²) in [5, 5.41) is 10.1. The lowest BCUT2D eigenvalue weighted by Gasteiger charge is -2.09. The molecular weight excluding hydrogens is 399 g/mol. The summed E-state index contributed by atoms with van der Waals surface area (Å²) < 4.78 is 2.88. The molecule has 0 spiro atoms. The Balaban J connectivity index is 2.40. The summed E-state index contributed by atoms with van der Waals surface area (Å²) in [7, 11) is 0. The lowest BCUT2D eigenvalue weighted by Crippen LogP contribution is -2.02. The molecule has 19 heavy (non-hydrogen) atoms. The first-order valence-corrected chi connectivity index (χ1v) is 7.77. The second-order valence-electron chi connectivity index (χ2n) is 3.81. The van der Waals surface area contributed by atoms with E-state index in [1.807, 2.05) is 29.8 Å². The molecular formula is C12H10ClIN2O2S. The van der Waals surface area contributed by atoms with Crippen LogP contribution >= 0.6 is 46.0 Å². The SMILES string of the molecule is Cc1cn(-c2ccc(Cl)cc2I)c(SCC(=O)O)n1. The zero-order valence-electron chi connectivity index (χ0n) is 9.93. The summed E-state index contributed by atoms with van der Waals surface area (Å²) in [5.74, 6) is -0.872. The highest BCUT2D eigenvalue weighted by Gasteiger charge is 2.12. The Morgan fingerprint density at radius 2 is 2.32 bits per heavy atom. The van der Waals surface area contributed by atoms with Crippen LogP contribution in [0, 0.1) is 10.5 Å². The van der Waals surface area contributed by atoms with Crippen LogP contribution in [0.15, 0.2) is 29.6 Å². The van der Waals surface area contributed by atoms with Gasteiger partial charge in [0, 0.05) is 14.8 Å². The quantitative estimate of drug-likeness (QED) is 0.620. The van der Waals surface area contributed by atoms with Gasteiger partial charge in [-0.1, -0.05) is 23.4 Å². The largest absolute Gasteiger partial charge is 0.481 e. The van der Waals surface area contributed by atoms with Gasteiger partial charge in [0.15, 0.2) is 5.16 Å². The number of thioether (sulfide) groups is 1. The van der Waals surface area contributed by atoms with Crippen molar-refractivity contribution in [2.45, 2.75) is 12.1 Å². The number of hydrogen-bond donors (Lipinski definition) is 1. The zero-order chi connectivity index (χ0) is 14.0. The predicted octanol–water partition coefficient (Wildman–Crippen LogP) is 3.62. The third-order valence-electron chi connectivity index (χ3n) is 2.29. The molecule has 7 heteroatoms. The molecule has 0 saturated heterocycles. The predicted molar refractivity (Wildman–Crippen MR) is 84.4 cm³/mol. The first kappa shape index (κ1) is 14.7. The maximum Gasteiger partial charge on any atom is 0.313 e. The molecule has 100 valence electrons. The number of imidazole rings is 1. The van der Waals surface area contributed by atoms with Crippen molar-refractivity contribution in [3.8, 4) is 5.69 Å². The van der Waals surface area contributed by atoms with E-state index in [9.17, 15) is 4.79 Å². The van der Waals surface area contributed by atoms with Gasteiger partial charge in [0.1, 0.15) is 0 Å². The Bertz CT molecular complexity index is 630. The van der Waals surface area contributed by atoms with Crippen molar-refractivity contribution in [1.82, 2.24) is 9.55 Å². The van der Waals surface area contributed by atoms with Gasteiger partial charge < -0.3 is 5.11 Å². The Hall–Kier alpha value is -0.730. The Labute approximate surface area is 133 Å². The van der Waals surface area contributed by atoms with Gasteiger partial charge in [0.2, 0.25) is 0 Å². The Morgan fingerprint density at radius 3 is 2.95 bits per heavy atom. The highest BCUT2D eigenvalue weighted by molar-refractivity contribution is 14.1. The van der Waals surface area contributed by atoms with Crippen LogP contribution in [0.3, 0.4) is 0 Å². The van der Waals surface area contributed by atoms with Crippen LogP contribution in [0.1, 0.15) is 5.69 Å². The number of carboxylic acid groups (broad SMARTS) is 1. The van der Waals surface area contributed by atoms with Gasteiger partial charge >= 0.3 is 5.97 Å². The topological polar surface area (TPSA) is 55.1 Å². The average Bonchev–Trinajstić information content (AvgIpc) is 2.67. The van der Waals surface area contributed by atoms with Gasteiger partial charge in [-0.05, 0) is 47.7 Å². The molecule has 0 saturated carbocycles. The van der Waals surface area contributed by atoms with Crippen molar-refractivity contribution >= 4 is 51.9 Å². The number of aromatic nitrogens is 2. The van der Waals surface area contributed by atoms with E-state index in [1.165, 1.54) is 11.8 Å². The molecule has 2 aromatic rings. The molecule has 0 unspecified atom stereocenters. The van der Waals surface area contributed by atoms with Gasteiger partial charge in [0.05, 0.1) is 17.1 Å². The van der Waals surface area contributed by atoms with Crippen molar-refractivity contribution in [2.75, 3.05) is 5.75 Å². The molecule has 0 amide bonds. The molecule has 0 fully saturated rings. The Kier molecular flexibility index (Phi) is 4.75. The van der Waals surface area contributed by atoms with Crippen LogP contribution in [-0.2, 0) is 4.79 Å². The van der Waals surface area contributed by atoms with Crippen LogP contribution in [0.5, 0.6) is 0 Å². The third kappa shape index (κ3) is 3.64. The van der Waals surface area contributed by atoms with Crippen LogP contribution in [0.2, 0.25) is 5.02 Å². The van der Waals surface area contributed by atoms with Crippen molar-refractivity contribution in [3.05, 3.63) is 38.7 Å². The van der Waals surface area contributed by atoms with Gasteiger partial charge in [-0.2, -0.15) is 0 Å². The molecule has 0 aliphatic carbocycles. The van der Waals surface area contributed by atoms with Gasteiger partial charge in [-0.25, -0.2) is 4.98 Å². The number of aryl methyl sites for hydroxylation is 1. The number of benzene rings is 1. The number of aliphatic carboxylic acids is 1. The average molecular weight is 409 g/mol. The normalized spacial score (nSPS) is 10.7. The van der Waals surface area contributed by atoms with Gasteiger partial charge in [-0.15, -0.1) is 0 Å². The second kappa shape index (κ2) is 6.15. The molecule has 0 aliphatic heterocycles. The van der Waals surface area contributed by atoms with Crippen LogP contribution in [0.25, 0.3) is 5.69 Å². The van der Waals surface area contributed by atoms with E-state index in [-0.39, 0.29) is 5.75 Å². The summed E-state index contributed by atoms with van der Waals surface area (Å²) in [6.45, 7) is 1.88. The summed E-state index contributed by atoms with van der Waals surface area (Å²) >= 11 is 9.34. The first-order valence-electron chi connectivity index (χ1n) is 5.33. The molecule has 2 rings (SSSR count). The Morgan fingerprint density at radius 1 is 1.58 bits per heavy atom. The number of carbonyl (C=O) groups is 1. The number of carboxylic acids is 1. The first-order chi connectivity index (χ1) is 8.97. The highest BCUT2D eigenvalue weighted by Crippen LogP contribution is 2.27. The minimum atomic E-state index is -0.858. The molecule has 0 bridgehead atoms. The van der Waals surface area contributed by atoms with E-state index in [0.29, 0.717) is 10.2 Å². The summed E-state index contributed by atoms with van der Waals surface area (Å²) in [4.78, 5) is 15.0. The number of halogens is 2. The summed E-state index contributed by atoms with van der Waals surface area (Å²) in [6, 6.07) is 5.56. The van der Waals surface area contributed by atoms with E-state index in [1.54, 1.807) is 6.07 Å². The van der Waals surface area contributed by atoms with E-state index in [2.05, 4.69) is 27.6 Å². The van der Waals surface area contributed by atoms with Crippen LogP contribution in [0.4, 0.5) is 0 Å². The minimum absolute atomic E-state index is 0.0133. The van der Waals surface area contributed by atoms with Gasteiger partial charge in [0.25, 0.3) is 0 Å². The molecule has 0 aliphatic rings. The highest BCUT2D eigenvalue weighted by atomic mass is 127. The van der Waals surface area contributed by atoms with Crippen molar-refractivity contribution < 1.29 is 9.90 Å². The molecule has 1 aromatic carbocycles. The summed E-state index contributed by atoms with van der Waals surface area (Å²) in [5.41, 5.74) is 1.79. The number of hydrogen-bond acceptors (Lipinski definition) is 3. The fourth-order valence-corrected chi connectivity index (χ4v) is 3.44. The molecule has 1 heterocycles. The third-order valence-corrected chi connectivity index (χ3v) is 4.32. The number of nitrogens with zero attached hydrogens (tertiary/aromatic N) is 2. The smallest absolute Gasteiger partial charge is 0.313 e. The molecule has 0 radical (unpaired) electrons. The van der Waals surface area contributed by atoms with Crippen LogP contribution in [-0.4, -0.2) is 26.4 Å². The number of rotatable bonds is 4. The fourth-order valence-electron chi connectivity index (χ4n) is 1.55. The monoisotopic (exact) mass is 408 g/mol. The van der Waals surface area contributed by atoms with Crippen molar-refractivity contribution in [3.63, 3.8) is 0 Å². The maximum absolute atomic E-state index is 10.7. The van der Waals surface area contributed by atoms with E-state index in [4.69, 9.17) is 16.7 Å². The maximum atomic E-state index is 10.7. The molecule has 1 aromatic heterocycles. The summed E-state index contributed by atoms with van der Waals surface area (Å²) in [6.07, 6.45) is 1.88.